The quantitative estimate of drug-likeness (QED) is 0.362. The van der Waals surface area contributed by atoms with Gasteiger partial charge in [0.15, 0.2) is 5.60 Å². The van der Waals surface area contributed by atoms with Crippen LogP contribution in [0.25, 0.3) is 0 Å². The molecular formula is C29H31F2N3O4S. The summed E-state index contributed by atoms with van der Waals surface area (Å²) in [6, 6.07) is 17.8. The molecule has 39 heavy (non-hydrogen) atoms. The van der Waals surface area contributed by atoms with Gasteiger partial charge in [0.25, 0.3) is 5.91 Å². The molecule has 0 radical (unpaired) electrons. The van der Waals surface area contributed by atoms with Crippen LogP contribution in [0.4, 0.5) is 8.78 Å². The van der Waals surface area contributed by atoms with Gasteiger partial charge in [-0.05, 0) is 68.3 Å². The van der Waals surface area contributed by atoms with Crippen LogP contribution in [0.15, 0.2) is 71.8 Å². The van der Waals surface area contributed by atoms with E-state index in [4.69, 9.17) is 19.9 Å². The van der Waals surface area contributed by atoms with Gasteiger partial charge in [0.1, 0.15) is 33.0 Å². The van der Waals surface area contributed by atoms with Crippen molar-refractivity contribution in [3.8, 4) is 11.5 Å². The number of hydrogen-bond acceptors (Lipinski definition) is 7. The summed E-state index contributed by atoms with van der Waals surface area (Å²) in [7, 11) is 4.27. The molecule has 10 heteroatoms. The summed E-state index contributed by atoms with van der Waals surface area (Å²) >= 11 is 1.24. The Bertz CT molecular complexity index is 1370. The van der Waals surface area contributed by atoms with Crippen molar-refractivity contribution in [2.24, 2.45) is 10.8 Å². The van der Waals surface area contributed by atoms with Gasteiger partial charge >= 0.3 is 0 Å². The molecule has 1 heterocycles. The van der Waals surface area contributed by atoms with E-state index in [0.29, 0.717) is 30.9 Å². The predicted molar refractivity (Wildman–Crippen MR) is 148 cm³/mol. The van der Waals surface area contributed by atoms with Gasteiger partial charge in [-0.15, -0.1) is 0 Å². The van der Waals surface area contributed by atoms with Crippen LogP contribution in [0.2, 0.25) is 0 Å². The molecule has 0 aliphatic carbocycles. The number of rotatable bonds is 10. The third-order valence-electron chi connectivity index (χ3n) is 6.84. The molecule has 3 aromatic rings. The number of carbonyl (C=O) groups is 1. The summed E-state index contributed by atoms with van der Waals surface area (Å²) in [5, 5.41) is 6.24. The minimum absolute atomic E-state index is 0.0173. The molecule has 2 atom stereocenters. The number of halogens is 2. The predicted octanol–water partition coefficient (Wildman–Crippen LogP) is 5.37. The summed E-state index contributed by atoms with van der Waals surface area (Å²) < 4.78 is 46.7. The van der Waals surface area contributed by atoms with Crippen LogP contribution in [0.3, 0.4) is 0 Å². The van der Waals surface area contributed by atoms with E-state index in [1.165, 1.54) is 81.4 Å². The first-order valence-electron chi connectivity index (χ1n) is 12.3. The van der Waals surface area contributed by atoms with E-state index in [0.717, 1.165) is 5.56 Å². The summed E-state index contributed by atoms with van der Waals surface area (Å²) in [6.07, 6.45) is 0.926. The number of hydrazone groups is 1. The smallest absolute Gasteiger partial charge is 0.281 e. The van der Waals surface area contributed by atoms with Gasteiger partial charge in [-0.2, -0.15) is 5.10 Å². The monoisotopic (exact) mass is 555 g/mol. The van der Waals surface area contributed by atoms with Crippen LogP contribution in [0, 0.1) is 11.6 Å². The zero-order valence-corrected chi connectivity index (χ0v) is 23.1. The van der Waals surface area contributed by atoms with Crippen molar-refractivity contribution in [1.82, 2.24) is 5.01 Å². The molecule has 7 nitrogen and oxygen atoms in total. The first-order chi connectivity index (χ1) is 18.7. The molecule has 1 aliphatic heterocycles. The number of thioether (sulfide) groups is 1. The topological polar surface area (TPSA) is 86.4 Å². The lowest BCUT2D eigenvalue weighted by Gasteiger charge is -2.40. The summed E-state index contributed by atoms with van der Waals surface area (Å²) in [6.45, 7) is 1.84. The fourth-order valence-corrected chi connectivity index (χ4v) is 5.96. The van der Waals surface area contributed by atoms with Crippen LogP contribution < -0.4 is 15.2 Å². The van der Waals surface area contributed by atoms with Crippen molar-refractivity contribution in [3.63, 3.8) is 0 Å². The van der Waals surface area contributed by atoms with Gasteiger partial charge in [-0.3, -0.25) is 4.79 Å². The van der Waals surface area contributed by atoms with E-state index in [-0.39, 0.29) is 16.2 Å². The Morgan fingerprint density at radius 3 is 2.26 bits per heavy atom. The lowest BCUT2D eigenvalue weighted by Crippen LogP contribution is -2.51. The third kappa shape index (κ3) is 5.24. The van der Waals surface area contributed by atoms with Crippen LogP contribution >= 0.6 is 11.8 Å². The number of nitrogens with two attached hydrogens (primary N) is 1. The SMILES string of the molecule is COc1ccc(F)c(C2=NN(C(=O)[C@@](C)(OC)c3cc(OC)ccc3F)C(CCCN)(c3ccccc3)S2)c1. The number of hydrogen-bond donors (Lipinski definition) is 1. The summed E-state index contributed by atoms with van der Waals surface area (Å²) in [5.41, 5.74) is 5.03. The fraction of sp³-hybridized carbons (Fsp3) is 0.310. The first kappa shape index (κ1) is 28.5. The highest BCUT2D eigenvalue weighted by atomic mass is 32.2. The number of nitrogens with zero attached hydrogens (tertiary/aromatic N) is 2. The minimum atomic E-state index is -1.80. The molecule has 4 rings (SSSR count). The number of carbonyl (C=O) groups excluding carboxylic acids is 1. The van der Waals surface area contributed by atoms with Crippen molar-refractivity contribution >= 4 is 22.7 Å². The molecule has 0 spiro atoms. The molecule has 1 amide bonds. The van der Waals surface area contributed by atoms with Gasteiger partial charge in [-0.1, -0.05) is 42.1 Å². The van der Waals surface area contributed by atoms with E-state index in [9.17, 15) is 4.79 Å². The van der Waals surface area contributed by atoms with E-state index < -0.39 is 28.0 Å². The van der Waals surface area contributed by atoms with Crippen LogP contribution in [-0.2, 0) is 20.0 Å². The number of benzene rings is 3. The van der Waals surface area contributed by atoms with Gasteiger partial charge < -0.3 is 19.9 Å². The average molecular weight is 556 g/mol. The summed E-state index contributed by atoms with van der Waals surface area (Å²) in [5.74, 6) is -1.00. The van der Waals surface area contributed by atoms with E-state index in [1.54, 1.807) is 0 Å². The largest absolute Gasteiger partial charge is 0.497 e. The Hall–Kier alpha value is -3.47. The molecule has 0 aromatic heterocycles. The lowest BCUT2D eigenvalue weighted by molar-refractivity contribution is -0.158. The number of amides is 1. The Balaban J connectivity index is 1.94. The van der Waals surface area contributed by atoms with Crippen LogP contribution in [0.1, 0.15) is 36.5 Å². The maximum atomic E-state index is 15.2. The average Bonchev–Trinajstić information content (AvgIpc) is 3.36. The summed E-state index contributed by atoms with van der Waals surface area (Å²) in [4.78, 5) is 13.4. The zero-order chi connectivity index (χ0) is 28.2. The highest BCUT2D eigenvalue weighted by Crippen LogP contribution is 2.52. The second-order valence-corrected chi connectivity index (χ2v) is 10.4. The molecule has 0 fully saturated rings. The number of methoxy groups -OCH3 is 3. The van der Waals surface area contributed by atoms with Crippen molar-refractivity contribution in [2.45, 2.75) is 30.2 Å². The van der Waals surface area contributed by atoms with Gasteiger partial charge in [-0.25, -0.2) is 13.8 Å². The normalized spacial score (nSPS) is 18.4. The standard InChI is InChI=1S/C29H31F2N3O4S/c1-28(38-4,23-18-21(37-3)12-14-25(23)31)27(35)34-29(15-8-16-32,19-9-6-5-7-10-19)39-26(33-34)22-17-20(36-2)11-13-24(22)30/h5-7,9-14,17-18H,8,15-16,32H2,1-4H3/t28-,29?/m0/s1. The van der Waals surface area contributed by atoms with Crippen LogP contribution in [0.5, 0.6) is 11.5 Å². The first-order valence-corrected chi connectivity index (χ1v) is 13.2. The Labute approximate surface area is 230 Å². The highest BCUT2D eigenvalue weighted by molar-refractivity contribution is 8.15. The zero-order valence-electron chi connectivity index (χ0n) is 22.2. The van der Waals surface area contributed by atoms with E-state index >= 15 is 8.78 Å². The van der Waals surface area contributed by atoms with Crippen molar-refractivity contribution in [1.29, 1.82) is 0 Å². The lowest BCUT2D eigenvalue weighted by atomic mass is 9.91. The molecule has 3 aromatic carbocycles. The fourth-order valence-electron chi connectivity index (χ4n) is 4.54. The molecule has 0 saturated carbocycles. The highest BCUT2D eigenvalue weighted by Gasteiger charge is 2.54. The Morgan fingerprint density at radius 1 is 1.00 bits per heavy atom. The van der Waals surface area contributed by atoms with Gasteiger partial charge in [0.2, 0.25) is 0 Å². The van der Waals surface area contributed by atoms with Crippen LogP contribution in [-0.4, -0.2) is 43.8 Å². The maximum Gasteiger partial charge on any atom is 0.281 e. The van der Waals surface area contributed by atoms with Gasteiger partial charge in [0.05, 0.1) is 14.2 Å². The Kier molecular flexibility index (Phi) is 8.58. The molecule has 1 aliphatic rings. The number of ether oxygens (including phenoxy) is 3. The van der Waals surface area contributed by atoms with E-state index in [2.05, 4.69) is 5.10 Å². The molecule has 0 bridgehead atoms. The molecule has 1 unspecified atom stereocenters. The second kappa shape index (κ2) is 11.7. The molecule has 2 N–H and O–H groups in total. The molecule has 0 saturated heterocycles. The third-order valence-corrected chi connectivity index (χ3v) is 8.29. The van der Waals surface area contributed by atoms with Crippen molar-refractivity contribution < 1.29 is 27.8 Å². The van der Waals surface area contributed by atoms with E-state index in [1.807, 2.05) is 30.3 Å². The second-order valence-electron chi connectivity index (χ2n) is 9.10. The van der Waals surface area contributed by atoms with Crippen molar-refractivity contribution in [3.05, 3.63) is 95.1 Å². The minimum Gasteiger partial charge on any atom is -0.497 e. The Morgan fingerprint density at radius 2 is 1.64 bits per heavy atom. The van der Waals surface area contributed by atoms with Crippen molar-refractivity contribution in [2.75, 3.05) is 27.9 Å². The van der Waals surface area contributed by atoms with Gasteiger partial charge in [0, 0.05) is 18.2 Å². The molecule has 206 valence electrons. The maximum absolute atomic E-state index is 15.2. The molecular weight excluding hydrogens is 524 g/mol.